The van der Waals surface area contributed by atoms with Crippen molar-refractivity contribution < 1.29 is 9.47 Å². The van der Waals surface area contributed by atoms with E-state index in [4.69, 9.17) is 9.47 Å². The lowest BCUT2D eigenvalue weighted by molar-refractivity contribution is 0.200. The highest BCUT2D eigenvalue weighted by atomic mass is 16.6. The van der Waals surface area contributed by atoms with Crippen LogP contribution < -0.4 is 0 Å². The Kier molecular flexibility index (Phi) is 2.33. The van der Waals surface area contributed by atoms with Gasteiger partial charge in [-0.15, -0.1) is 0 Å². The molecule has 2 nitrogen and oxygen atoms in total. The molecule has 0 aliphatic carbocycles. The van der Waals surface area contributed by atoms with Crippen molar-refractivity contribution in [1.29, 1.82) is 0 Å². The van der Waals surface area contributed by atoms with E-state index in [1.165, 1.54) is 0 Å². The molecule has 0 aromatic carbocycles. The fourth-order valence-electron chi connectivity index (χ4n) is 0.707. The Morgan fingerprint density at radius 1 is 1.70 bits per heavy atom. The first-order chi connectivity index (χ1) is 4.77. The lowest BCUT2D eigenvalue weighted by Crippen LogP contribution is -2.07. The molecule has 1 saturated heterocycles. The van der Waals surface area contributed by atoms with Crippen LogP contribution in [0.2, 0.25) is 0 Å². The largest absolute Gasteiger partial charge is 0.501 e. The average Bonchev–Trinajstić information content (AvgIpc) is 2.62. The van der Waals surface area contributed by atoms with Gasteiger partial charge >= 0.3 is 0 Å². The summed E-state index contributed by atoms with van der Waals surface area (Å²) in [7, 11) is 0. The Morgan fingerprint density at radius 3 is 2.90 bits per heavy atom. The number of hydrogen-bond acceptors (Lipinski definition) is 2. The number of ether oxygens (including phenoxy) is 2. The smallest absolute Gasteiger partial charge is 0.0921 e. The Morgan fingerprint density at radius 2 is 2.40 bits per heavy atom. The van der Waals surface area contributed by atoms with Crippen molar-refractivity contribution in [2.24, 2.45) is 0 Å². The van der Waals surface area contributed by atoms with Crippen LogP contribution in [0.25, 0.3) is 0 Å². The summed E-state index contributed by atoms with van der Waals surface area (Å²) in [6, 6.07) is 0. The van der Waals surface area contributed by atoms with E-state index in [1.54, 1.807) is 6.26 Å². The second kappa shape index (κ2) is 3.06. The molecule has 0 N–H and O–H groups in total. The number of hydrogen-bond donors (Lipinski definition) is 0. The summed E-state index contributed by atoms with van der Waals surface area (Å²) in [5.41, 5.74) is 0.140. The van der Waals surface area contributed by atoms with Crippen molar-refractivity contribution in [2.75, 3.05) is 13.2 Å². The summed E-state index contributed by atoms with van der Waals surface area (Å²) in [6.07, 6.45) is 4.60. The second-order valence-corrected chi connectivity index (χ2v) is 2.83. The van der Waals surface area contributed by atoms with Crippen LogP contribution in [-0.4, -0.2) is 18.8 Å². The van der Waals surface area contributed by atoms with E-state index in [-0.39, 0.29) is 5.60 Å². The molecule has 1 atom stereocenters. The van der Waals surface area contributed by atoms with Crippen LogP contribution in [0.1, 0.15) is 20.3 Å². The Balaban J connectivity index is 1.95. The van der Waals surface area contributed by atoms with Crippen molar-refractivity contribution in [3.8, 4) is 0 Å². The molecule has 1 heterocycles. The average molecular weight is 142 g/mol. The second-order valence-electron chi connectivity index (χ2n) is 2.83. The molecule has 0 bridgehead atoms. The molecule has 2 heteroatoms. The number of rotatable bonds is 4. The van der Waals surface area contributed by atoms with Crippen LogP contribution in [0, 0.1) is 0 Å². The third-order valence-corrected chi connectivity index (χ3v) is 1.62. The summed E-state index contributed by atoms with van der Waals surface area (Å²) in [5, 5.41) is 0. The fourth-order valence-corrected chi connectivity index (χ4v) is 0.707. The molecule has 0 aromatic rings. The van der Waals surface area contributed by atoms with Crippen LogP contribution in [-0.2, 0) is 9.47 Å². The molecular formula is C8H14O2. The summed E-state index contributed by atoms with van der Waals surface area (Å²) in [6.45, 7) is 5.70. The molecule has 1 aliphatic rings. The summed E-state index contributed by atoms with van der Waals surface area (Å²) in [4.78, 5) is 0. The van der Waals surface area contributed by atoms with E-state index in [0.29, 0.717) is 0 Å². The standard InChI is InChI=1S/C8H14O2/c1-3-5-9-6-4-8(2)7-10-8/h3,5H,4,6-7H2,1-2H3/b5-3+. The van der Waals surface area contributed by atoms with Gasteiger partial charge in [-0.3, -0.25) is 0 Å². The zero-order chi connectivity index (χ0) is 7.45. The summed E-state index contributed by atoms with van der Waals surface area (Å²) < 4.78 is 10.3. The molecule has 10 heavy (non-hydrogen) atoms. The lowest BCUT2D eigenvalue weighted by Gasteiger charge is -2.02. The SMILES string of the molecule is C/C=C/OCCC1(C)CO1. The van der Waals surface area contributed by atoms with Gasteiger partial charge in [0.1, 0.15) is 0 Å². The van der Waals surface area contributed by atoms with E-state index in [0.717, 1.165) is 19.6 Å². The van der Waals surface area contributed by atoms with Crippen molar-refractivity contribution in [2.45, 2.75) is 25.9 Å². The van der Waals surface area contributed by atoms with Gasteiger partial charge in [0, 0.05) is 6.42 Å². The molecule has 0 radical (unpaired) electrons. The van der Waals surface area contributed by atoms with Crippen LogP contribution >= 0.6 is 0 Å². The highest BCUT2D eigenvalue weighted by Gasteiger charge is 2.38. The minimum atomic E-state index is 0.140. The molecule has 0 amide bonds. The Hall–Kier alpha value is -0.500. The summed E-state index contributed by atoms with van der Waals surface area (Å²) >= 11 is 0. The third-order valence-electron chi connectivity index (χ3n) is 1.62. The van der Waals surface area contributed by atoms with Gasteiger partial charge in [0.15, 0.2) is 0 Å². The summed E-state index contributed by atoms with van der Waals surface area (Å²) in [5.74, 6) is 0. The van der Waals surface area contributed by atoms with Gasteiger partial charge < -0.3 is 9.47 Å². The molecular weight excluding hydrogens is 128 g/mol. The highest BCUT2D eigenvalue weighted by Crippen LogP contribution is 2.29. The maximum absolute atomic E-state index is 5.17. The zero-order valence-electron chi connectivity index (χ0n) is 6.59. The van der Waals surface area contributed by atoms with Gasteiger partial charge in [-0.1, -0.05) is 6.08 Å². The van der Waals surface area contributed by atoms with Crippen LogP contribution in [0.5, 0.6) is 0 Å². The minimum absolute atomic E-state index is 0.140. The Bertz CT molecular complexity index is 125. The molecule has 1 fully saturated rings. The predicted octanol–water partition coefficient (Wildman–Crippen LogP) is 1.72. The topological polar surface area (TPSA) is 21.8 Å². The quantitative estimate of drug-likeness (QED) is 0.338. The maximum atomic E-state index is 5.17. The Labute approximate surface area is 61.8 Å². The van der Waals surface area contributed by atoms with Crippen molar-refractivity contribution >= 4 is 0 Å². The normalized spacial score (nSPS) is 31.0. The maximum Gasteiger partial charge on any atom is 0.0921 e. The van der Waals surface area contributed by atoms with Crippen molar-refractivity contribution in [3.05, 3.63) is 12.3 Å². The van der Waals surface area contributed by atoms with Crippen LogP contribution in [0.15, 0.2) is 12.3 Å². The molecule has 0 spiro atoms. The van der Waals surface area contributed by atoms with E-state index in [1.807, 2.05) is 13.0 Å². The lowest BCUT2D eigenvalue weighted by atomic mass is 10.1. The number of epoxide rings is 1. The van der Waals surface area contributed by atoms with Crippen molar-refractivity contribution in [3.63, 3.8) is 0 Å². The minimum Gasteiger partial charge on any atom is -0.501 e. The van der Waals surface area contributed by atoms with E-state index >= 15 is 0 Å². The molecule has 0 saturated carbocycles. The third kappa shape index (κ3) is 2.40. The van der Waals surface area contributed by atoms with E-state index < -0.39 is 0 Å². The van der Waals surface area contributed by atoms with E-state index in [9.17, 15) is 0 Å². The fraction of sp³-hybridized carbons (Fsp3) is 0.750. The van der Waals surface area contributed by atoms with Gasteiger partial charge in [0.2, 0.25) is 0 Å². The first-order valence-corrected chi connectivity index (χ1v) is 3.63. The van der Waals surface area contributed by atoms with Gasteiger partial charge in [0.25, 0.3) is 0 Å². The number of allylic oxidation sites excluding steroid dienone is 1. The van der Waals surface area contributed by atoms with Crippen molar-refractivity contribution in [1.82, 2.24) is 0 Å². The molecule has 58 valence electrons. The highest BCUT2D eigenvalue weighted by molar-refractivity contribution is 4.86. The van der Waals surface area contributed by atoms with E-state index in [2.05, 4.69) is 6.92 Å². The van der Waals surface area contributed by atoms with Crippen LogP contribution in [0.4, 0.5) is 0 Å². The first kappa shape index (κ1) is 7.61. The molecule has 0 aromatic heterocycles. The molecule has 1 aliphatic heterocycles. The zero-order valence-corrected chi connectivity index (χ0v) is 6.59. The van der Waals surface area contributed by atoms with Gasteiger partial charge in [-0.05, 0) is 13.8 Å². The van der Waals surface area contributed by atoms with Gasteiger partial charge in [-0.25, -0.2) is 0 Å². The van der Waals surface area contributed by atoms with Gasteiger partial charge in [0.05, 0.1) is 25.1 Å². The monoisotopic (exact) mass is 142 g/mol. The van der Waals surface area contributed by atoms with Gasteiger partial charge in [-0.2, -0.15) is 0 Å². The van der Waals surface area contributed by atoms with Crippen LogP contribution in [0.3, 0.4) is 0 Å². The first-order valence-electron chi connectivity index (χ1n) is 3.63. The molecule has 1 unspecified atom stereocenters. The molecule has 1 rings (SSSR count). The predicted molar refractivity (Wildman–Crippen MR) is 39.7 cm³/mol.